The first kappa shape index (κ1) is 26.1. The summed E-state index contributed by atoms with van der Waals surface area (Å²) in [4.78, 5) is 13.5. The zero-order valence-corrected chi connectivity index (χ0v) is 18.6. The van der Waals surface area contributed by atoms with Gasteiger partial charge in [-0.15, -0.1) is 0 Å². The van der Waals surface area contributed by atoms with Crippen LogP contribution >= 0.6 is 11.6 Å². The smallest absolute Gasteiger partial charge is 0.426 e. The highest BCUT2D eigenvalue weighted by molar-refractivity contribution is 6.31. The van der Waals surface area contributed by atoms with Crippen molar-refractivity contribution >= 4 is 23.4 Å². The number of amides is 1. The van der Waals surface area contributed by atoms with E-state index in [1.165, 1.54) is 35.2 Å². The molecule has 12 heteroatoms. The first-order chi connectivity index (χ1) is 15.8. The second kappa shape index (κ2) is 10.4. The molecule has 0 bridgehead atoms. The summed E-state index contributed by atoms with van der Waals surface area (Å²) in [5.74, 6) is 0. The molecule has 1 aliphatic heterocycles. The molecular weight excluding hydrogens is 490 g/mol. The number of anilines is 1. The van der Waals surface area contributed by atoms with E-state index in [9.17, 15) is 31.1 Å². The molecule has 1 fully saturated rings. The zero-order chi connectivity index (χ0) is 25.1. The van der Waals surface area contributed by atoms with Crippen LogP contribution in [0.15, 0.2) is 42.5 Å². The van der Waals surface area contributed by atoms with Crippen LogP contribution < -0.4 is 5.32 Å². The van der Waals surface area contributed by atoms with Crippen molar-refractivity contribution in [3.05, 3.63) is 64.2 Å². The van der Waals surface area contributed by atoms with E-state index >= 15 is 0 Å². The molecule has 5 nitrogen and oxygen atoms in total. The number of alkyl halides is 6. The van der Waals surface area contributed by atoms with Crippen LogP contribution in [-0.4, -0.2) is 49.5 Å². The maximum Gasteiger partial charge on any atom is 0.426 e. The molecule has 2 aromatic rings. The van der Waals surface area contributed by atoms with E-state index in [2.05, 4.69) is 10.1 Å². The molecule has 0 saturated carbocycles. The molecule has 1 amide bonds. The van der Waals surface area contributed by atoms with Gasteiger partial charge in [0, 0.05) is 30.3 Å². The Kier molecular flexibility index (Phi) is 7.99. The highest BCUT2D eigenvalue weighted by Gasteiger charge is 2.44. The van der Waals surface area contributed by atoms with Crippen LogP contribution in [-0.2, 0) is 15.7 Å². The van der Waals surface area contributed by atoms with Gasteiger partial charge in [-0.3, -0.25) is 10.2 Å². The Morgan fingerprint density at radius 3 is 2.44 bits per heavy atom. The molecule has 1 heterocycles. The van der Waals surface area contributed by atoms with Crippen molar-refractivity contribution in [1.29, 1.82) is 0 Å². The number of hydrogen-bond donors (Lipinski definition) is 1. The van der Waals surface area contributed by atoms with Crippen LogP contribution in [0, 0.1) is 6.92 Å². The molecule has 2 aromatic carbocycles. The molecule has 1 saturated heterocycles. The van der Waals surface area contributed by atoms with E-state index in [4.69, 9.17) is 16.3 Å². The van der Waals surface area contributed by atoms with E-state index in [0.29, 0.717) is 16.1 Å². The first-order valence-electron chi connectivity index (χ1n) is 10.1. The van der Waals surface area contributed by atoms with Gasteiger partial charge in [-0.05, 0) is 48.4 Å². The summed E-state index contributed by atoms with van der Waals surface area (Å²) >= 11 is 5.90. The Hall–Kier alpha value is -2.50. The van der Waals surface area contributed by atoms with Gasteiger partial charge in [-0.1, -0.05) is 23.7 Å². The fraction of sp³-hybridized carbons (Fsp3) is 0.409. The minimum Gasteiger partial charge on any atom is -0.435 e. The van der Waals surface area contributed by atoms with E-state index in [1.807, 2.05) is 0 Å². The number of carbonyl (C=O) groups is 1. The minimum atomic E-state index is -4.84. The van der Waals surface area contributed by atoms with Gasteiger partial charge in [-0.2, -0.15) is 26.3 Å². The fourth-order valence-corrected chi connectivity index (χ4v) is 3.52. The van der Waals surface area contributed by atoms with Crippen LogP contribution in [0.5, 0.6) is 0 Å². The van der Waals surface area contributed by atoms with Crippen molar-refractivity contribution in [2.45, 2.75) is 31.5 Å². The molecule has 1 aliphatic rings. The summed E-state index contributed by atoms with van der Waals surface area (Å²) in [6.07, 6.45) is -13.8. The van der Waals surface area contributed by atoms with Crippen LogP contribution in [0.25, 0.3) is 0 Å². The number of hydrogen-bond acceptors (Lipinski definition) is 4. The van der Waals surface area contributed by atoms with Crippen molar-refractivity contribution in [2.24, 2.45) is 0 Å². The molecule has 0 spiro atoms. The van der Waals surface area contributed by atoms with Crippen LogP contribution in [0.1, 0.15) is 22.8 Å². The van der Waals surface area contributed by atoms with Crippen LogP contribution in [0.2, 0.25) is 5.02 Å². The lowest BCUT2D eigenvalue weighted by atomic mass is 10.0. The number of nitrogens with one attached hydrogen (secondary N) is 1. The Morgan fingerprint density at radius 1 is 1.18 bits per heavy atom. The number of halogens is 7. The second-order valence-corrected chi connectivity index (χ2v) is 8.17. The number of aryl methyl sites for hydroxylation is 1. The molecule has 0 aliphatic carbocycles. The van der Waals surface area contributed by atoms with Gasteiger partial charge in [-0.25, -0.2) is 4.79 Å². The maximum atomic E-state index is 13.6. The number of ether oxygens (including phenoxy) is 2. The van der Waals surface area contributed by atoms with Crippen LogP contribution in [0.3, 0.4) is 0 Å². The molecule has 0 radical (unpaired) electrons. The lowest BCUT2D eigenvalue weighted by Crippen LogP contribution is -2.48. The minimum absolute atomic E-state index is 0.0146. The normalized spacial score (nSPS) is 18.4. The van der Waals surface area contributed by atoms with Gasteiger partial charge >= 0.3 is 18.4 Å². The van der Waals surface area contributed by atoms with Gasteiger partial charge in [0.05, 0.1) is 18.3 Å². The number of benzene rings is 2. The molecule has 186 valence electrons. The van der Waals surface area contributed by atoms with Crippen molar-refractivity contribution in [1.82, 2.24) is 4.90 Å². The highest BCUT2D eigenvalue weighted by atomic mass is 35.5. The SMILES string of the molecule is Cc1cc(NC(=O)OC(CN2CCO[C@H](c3ccc(C(F)(F)F)cc3)C2)C(F)(F)F)ccc1Cl. The quantitative estimate of drug-likeness (QED) is 0.485. The van der Waals surface area contributed by atoms with Gasteiger partial charge in [0.2, 0.25) is 6.10 Å². The predicted molar refractivity (Wildman–Crippen MR) is 113 cm³/mol. The molecule has 1 N–H and O–H groups in total. The number of morpholine rings is 1. The summed E-state index contributed by atoms with van der Waals surface area (Å²) in [5, 5.41) is 2.68. The molecule has 34 heavy (non-hydrogen) atoms. The third-order valence-electron chi connectivity index (χ3n) is 5.20. The van der Waals surface area contributed by atoms with Crippen LogP contribution in [0.4, 0.5) is 36.8 Å². The summed E-state index contributed by atoms with van der Waals surface area (Å²) in [6.45, 7) is 1.19. The Labute approximate surface area is 196 Å². The molecule has 2 atom stereocenters. The first-order valence-corrected chi connectivity index (χ1v) is 10.5. The maximum absolute atomic E-state index is 13.6. The van der Waals surface area contributed by atoms with Crippen molar-refractivity contribution in [2.75, 3.05) is 31.6 Å². The van der Waals surface area contributed by atoms with Gasteiger partial charge in [0.25, 0.3) is 0 Å². The molecular formula is C22H21ClF6N2O3. The number of nitrogens with zero attached hydrogens (tertiary/aromatic N) is 1. The van der Waals surface area contributed by atoms with E-state index in [1.54, 1.807) is 6.92 Å². The average molecular weight is 511 g/mol. The standard InChI is InChI=1S/C22H21ClF6N2O3/c1-13-10-16(6-7-17(13)23)30-20(32)34-19(22(27,28)29)12-31-8-9-33-18(11-31)14-2-4-15(5-3-14)21(24,25)26/h2-7,10,18-19H,8-9,11-12H2,1H3,(H,30,32)/t18-,19?/m0/s1. The van der Waals surface area contributed by atoms with E-state index in [0.717, 1.165) is 12.1 Å². The largest absolute Gasteiger partial charge is 0.435 e. The lowest BCUT2D eigenvalue weighted by molar-refractivity contribution is -0.209. The summed E-state index contributed by atoms with van der Waals surface area (Å²) in [6, 6.07) is 8.65. The highest BCUT2D eigenvalue weighted by Crippen LogP contribution is 2.32. The third-order valence-corrected chi connectivity index (χ3v) is 5.63. The summed E-state index contributed by atoms with van der Waals surface area (Å²) < 4.78 is 89.2. The summed E-state index contributed by atoms with van der Waals surface area (Å²) in [7, 11) is 0. The summed E-state index contributed by atoms with van der Waals surface area (Å²) in [5.41, 5.74) is 0.408. The van der Waals surface area contributed by atoms with E-state index < -0.39 is 42.8 Å². The Morgan fingerprint density at radius 2 is 1.85 bits per heavy atom. The third kappa shape index (κ3) is 7.00. The topological polar surface area (TPSA) is 50.8 Å². The zero-order valence-electron chi connectivity index (χ0n) is 17.8. The number of carbonyl (C=O) groups excluding carboxylic acids is 1. The predicted octanol–water partition coefficient (Wildman–Crippen LogP) is 6.22. The Balaban J connectivity index is 1.64. The van der Waals surface area contributed by atoms with Crippen molar-refractivity contribution in [3.63, 3.8) is 0 Å². The molecule has 3 rings (SSSR count). The Bertz CT molecular complexity index is 998. The monoisotopic (exact) mass is 510 g/mol. The second-order valence-electron chi connectivity index (χ2n) is 7.76. The van der Waals surface area contributed by atoms with Crippen molar-refractivity contribution in [3.8, 4) is 0 Å². The average Bonchev–Trinajstić information content (AvgIpc) is 2.75. The van der Waals surface area contributed by atoms with Gasteiger partial charge < -0.3 is 9.47 Å². The fourth-order valence-electron chi connectivity index (χ4n) is 3.40. The van der Waals surface area contributed by atoms with Crippen molar-refractivity contribution < 1.29 is 40.6 Å². The molecule has 1 unspecified atom stereocenters. The van der Waals surface area contributed by atoms with Gasteiger partial charge in [0.15, 0.2) is 0 Å². The lowest BCUT2D eigenvalue weighted by Gasteiger charge is -2.35. The number of rotatable bonds is 5. The molecule has 0 aromatic heterocycles. The van der Waals surface area contributed by atoms with E-state index in [-0.39, 0.29) is 25.4 Å². The van der Waals surface area contributed by atoms with Gasteiger partial charge in [0.1, 0.15) is 0 Å².